The monoisotopic (exact) mass is 286 g/mol. The van der Waals surface area contributed by atoms with Gasteiger partial charge in [-0.2, -0.15) is 13.2 Å². The third-order valence-electron chi connectivity index (χ3n) is 2.60. The summed E-state index contributed by atoms with van der Waals surface area (Å²) < 4.78 is 44.9. The van der Waals surface area contributed by atoms with E-state index in [0.29, 0.717) is 0 Å². The van der Waals surface area contributed by atoms with Crippen LogP contribution in [0.15, 0.2) is 43.0 Å². The molecule has 0 amide bonds. The zero-order valence-electron chi connectivity index (χ0n) is 10.4. The minimum absolute atomic E-state index is 0.203. The molecular weight excluding hydrogens is 273 g/mol. The Morgan fingerprint density at radius 1 is 1.30 bits per heavy atom. The molecule has 2 rings (SSSR count). The van der Waals surface area contributed by atoms with Crippen LogP contribution < -0.4 is 4.74 Å². The molecular formula is C13H13F3N2O2. The molecule has 7 heteroatoms. The van der Waals surface area contributed by atoms with Crippen LogP contribution in [0, 0.1) is 0 Å². The molecule has 0 aliphatic carbocycles. The maximum absolute atomic E-state index is 12.7. The molecule has 0 saturated carbocycles. The fourth-order valence-electron chi connectivity index (χ4n) is 1.70. The molecule has 0 fully saturated rings. The van der Waals surface area contributed by atoms with E-state index in [1.165, 1.54) is 24.5 Å². The van der Waals surface area contributed by atoms with Crippen LogP contribution in [0.3, 0.4) is 0 Å². The van der Waals surface area contributed by atoms with E-state index < -0.39 is 17.8 Å². The Kier molecular flexibility index (Phi) is 4.29. The number of nitrogens with zero attached hydrogens (tertiary/aromatic N) is 2. The van der Waals surface area contributed by atoms with Gasteiger partial charge < -0.3 is 14.4 Å². The standard InChI is InChI=1S/C13H13F3N2O2/c14-13(15,16)11-3-1-2-4-12(11)20-8-10(19)7-18-6-5-17-9-18/h1-6,9-10,19H,7-8H2. The van der Waals surface area contributed by atoms with Gasteiger partial charge in [0.25, 0.3) is 0 Å². The van der Waals surface area contributed by atoms with E-state index in [1.54, 1.807) is 17.0 Å². The second-order valence-corrected chi connectivity index (χ2v) is 4.22. The Morgan fingerprint density at radius 2 is 2.05 bits per heavy atom. The SMILES string of the molecule is OC(COc1ccccc1C(F)(F)F)Cn1ccnc1. The van der Waals surface area contributed by atoms with Crippen molar-refractivity contribution in [2.75, 3.05) is 6.61 Å². The molecule has 108 valence electrons. The molecule has 0 aliphatic heterocycles. The van der Waals surface area contributed by atoms with Gasteiger partial charge in [0.15, 0.2) is 0 Å². The minimum atomic E-state index is -4.48. The fourth-order valence-corrected chi connectivity index (χ4v) is 1.70. The normalized spacial score (nSPS) is 13.2. The van der Waals surface area contributed by atoms with Crippen molar-refractivity contribution in [1.29, 1.82) is 0 Å². The number of hydrogen-bond donors (Lipinski definition) is 1. The molecule has 2 aromatic rings. The van der Waals surface area contributed by atoms with Crippen LogP contribution in [-0.4, -0.2) is 27.4 Å². The lowest BCUT2D eigenvalue weighted by atomic mass is 10.2. The molecule has 1 atom stereocenters. The van der Waals surface area contributed by atoms with E-state index in [1.807, 2.05) is 0 Å². The van der Waals surface area contributed by atoms with Gasteiger partial charge in [0.05, 0.1) is 18.4 Å². The lowest BCUT2D eigenvalue weighted by Gasteiger charge is -2.16. The minimum Gasteiger partial charge on any atom is -0.490 e. The molecule has 4 nitrogen and oxygen atoms in total. The molecule has 0 saturated heterocycles. The lowest BCUT2D eigenvalue weighted by Crippen LogP contribution is -2.23. The maximum Gasteiger partial charge on any atom is 0.419 e. The summed E-state index contributed by atoms with van der Waals surface area (Å²) in [6.45, 7) is -0.0283. The third-order valence-corrected chi connectivity index (χ3v) is 2.60. The molecule has 0 bridgehead atoms. The van der Waals surface area contributed by atoms with E-state index in [0.717, 1.165) is 6.07 Å². The van der Waals surface area contributed by atoms with Crippen molar-refractivity contribution in [2.24, 2.45) is 0 Å². The predicted octanol–water partition coefficient (Wildman–Crippen LogP) is 2.34. The van der Waals surface area contributed by atoms with Crippen molar-refractivity contribution in [2.45, 2.75) is 18.8 Å². The third kappa shape index (κ3) is 3.74. The van der Waals surface area contributed by atoms with Crippen molar-refractivity contribution >= 4 is 0 Å². The Hall–Kier alpha value is -2.02. The Morgan fingerprint density at radius 3 is 2.70 bits per heavy atom. The number of halogens is 3. The summed E-state index contributed by atoms with van der Waals surface area (Å²) in [7, 11) is 0. The highest BCUT2D eigenvalue weighted by Crippen LogP contribution is 2.35. The number of imidazole rings is 1. The first-order valence-electron chi connectivity index (χ1n) is 5.89. The van der Waals surface area contributed by atoms with E-state index in [-0.39, 0.29) is 18.9 Å². The number of aliphatic hydroxyl groups excluding tert-OH is 1. The van der Waals surface area contributed by atoms with Crippen molar-refractivity contribution in [3.05, 3.63) is 48.5 Å². The number of hydrogen-bond acceptors (Lipinski definition) is 3. The first-order valence-corrected chi connectivity index (χ1v) is 5.89. The lowest BCUT2D eigenvalue weighted by molar-refractivity contribution is -0.139. The van der Waals surface area contributed by atoms with E-state index >= 15 is 0 Å². The Bertz CT molecular complexity index is 541. The quantitative estimate of drug-likeness (QED) is 0.917. The van der Waals surface area contributed by atoms with Gasteiger partial charge in [-0.05, 0) is 12.1 Å². The number of aromatic nitrogens is 2. The summed E-state index contributed by atoms with van der Waals surface area (Å²) in [4.78, 5) is 3.80. The highest BCUT2D eigenvalue weighted by molar-refractivity contribution is 5.35. The van der Waals surface area contributed by atoms with Gasteiger partial charge in [0, 0.05) is 12.4 Å². The van der Waals surface area contributed by atoms with Crippen LogP contribution in [0.2, 0.25) is 0 Å². The molecule has 20 heavy (non-hydrogen) atoms. The smallest absolute Gasteiger partial charge is 0.419 e. The Labute approximate surface area is 113 Å². The zero-order chi connectivity index (χ0) is 14.6. The largest absolute Gasteiger partial charge is 0.490 e. The van der Waals surface area contributed by atoms with Gasteiger partial charge >= 0.3 is 6.18 Å². The molecule has 0 aliphatic rings. The number of alkyl halides is 3. The van der Waals surface area contributed by atoms with Gasteiger partial charge in [-0.3, -0.25) is 0 Å². The van der Waals surface area contributed by atoms with Gasteiger partial charge in [0.1, 0.15) is 18.5 Å². The van der Waals surface area contributed by atoms with Crippen LogP contribution in [0.5, 0.6) is 5.75 Å². The van der Waals surface area contributed by atoms with Crippen LogP contribution in [0.25, 0.3) is 0 Å². The van der Waals surface area contributed by atoms with E-state index in [4.69, 9.17) is 4.74 Å². The predicted molar refractivity (Wildman–Crippen MR) is 65.2 cm³/mol. The van der Waals surface area contributed by atoms with E-state index in [9.17, 15) is 18.3 Å². The molecule has 1 N–H and O–H groups in total. The maximum atomic E-state index is 12.7. The zero-order valence-corrected chi connectivity index (χ0v) is 10.4. The molecule has 0 radical (unpaired) electrons. The molecule has 1 heterocycles. The molecule has 1 aromatic heterocycles. The van der Waals surface area contributed by atoms with Crippen LogP contribution >= 0.6 is 0 Å². The molecule has 0 spiro atoms. The summed E-state index contributed by atoms with van der Waals surface area (Å²) in [6.07, 6.45) is -0.705. The van der Waals surface area contributed by atoms with Crippen molar-refractivity contribution in [3.63, 3.8) is 0 Å². The highest BCUT2D eigenvalue weighted by Gasteiger charge is 2.34. The van der Waals surface area contributed by atoms with Gasteiger partial charge in [-0.25, -0.2) is 4.98 Å². The number of ether oxygens (including phenoxy) is 1. The first-order chi connectivity index (χ1) is 9.47. The highest BCUT2D eigenvalue weighted by atomic mass is 19.4. The topological polar surface area (TPSA) is 47.3 Å². The van der Waals surface area contributed by atoms with Crippen LogP contribution in [-0.2, 0) is 12.7 Å². The van der Waals surface area contributed by atoms with Crippen molar-refractivity contribution in [1.82, 2.24) is 9.55 Å². The van der Waals surface area contributed by atoms with E-state index in [2.05, 4.69) is 4.98 Å². The van der Waals surface area contributed by atoms with Crippen molar-refractivity contribution < 1.29 is 23.0 Å². The number of benzene rings is 1. The average Bonchev–Trinajstić information content (AvgIpc) is 2.88. The molecule has 1 unspecified atom stereocenters. The summed E-state index contributed by atoms with van der Waals surface area (Å²) in [5.41, 5.74) is -0.852. The average molecular weight is 286 g/mol. The van der Waals surface area contributed by atoms with Gasteiger partial charge in [0.2, 0.25) is 0 Å². The summed E-state index contributed by atoms with van der Waals surface area (Å²) in [5.74, 6) is -0.287. The second-order valence-electron chi connectivity index (χ2n) is 4.22. The van der Waals surface area contributed by atoms with Gasteiger partial charge in [-0.1, -0.05) is 12.1 Å². The number of rotatable bonds is 5. The van der Waals surface area contributed by atoms with Crippen LogP contribution in [0.4, 0.5) is 13.2 Å². The molecule has 1 aromatic carbocycles. The van der Waals surface area contributed by atoms with Gasteiger partial charge in [-0.15, -0.1) is 0 Å². The number of para-hydroxylation sites is 1. The summed E-state index contributed by atoms with van der Waals surface area (Å²) in [5, 5.41) is 9.72. The fraction of sp³-hybridized carbons (Fsp3) is 0.308. The summed E-state index contributed by atoms with van der Waals surface area (Å²) >= 11 is 0. The Balaban J connectivity index is 1.97. The first kappa shape index (κ1) is 14.4. The van der Waals surface area contributed by atoms with Crippen molar-refractivity contribution in [3.8, 4) is 5.75 Å². The summed E-state index contributed by atoms with van der Waals surface area (Å²) in [6, 6.07) is 4.91. The number of aliphatic hydroxyl groups is 1. The second kappa shape index (κ2) is 5.96. The van der Waals surface area contributed by atoms with Crippen LogP contribution in [0.1, 0.15) is 5.56 Å².